The lowest BCUT2D eigenvalue weighted by Crippen LogP contribution is -2.18. The maximum Gasteiger partial charge on any atom is 0.246 e. The highest BCUT2D eigenvalue weighted by Gasteiger charge is 2.06. The van der Waals surface area contributed by atoms with Crippen molar-refractivity contribution in [1.82, 2.24) is 20.0 Å². The van der Waals surface area contributed by atoms with Gasteiger partial charge in [0.1, 0.15) is 6.54 Å². The number of aromatic nitrogens is 3. The van der Waals surface area contributed by atoms with Gasteiger partial charge in [0.2, 0.25) is 5.89 Å². The molecule has 0 fully saturated rings. The lowest BCUT2D eigenvalue weighted by molar-refractivity contribution is 0.366. The lowest BCUT2D eigenvalue weighted by atomic mass is 10.2. The number of aryl methyl sites for hydroxylation is 1. The van der Waals surface area contributed by atoms with E-state index >= 15 is 0 Å². The molecule has 0 radical (unpaired) electrons. The van der Waals surface area contributed by atoms with Crippen molar-refractivity contribution in [1.29, 1.82) is 0 Å². The topological polar surface area (TPSA) is 55.9 Å². The Morgan fingerprint density at radius 2 is 2.25 bits per heavy atom. The normalized spacial score (nSPS) is 11.4. The fourth-order valence-electron chi connectivity index (χ4n) is 2.03. The maximum absolute atomic E-state index is 5.25. The zero-order valence-corrected chi connectivity index (χ0v) is 12.6. The molecule has 0 aliphatic heterocycles. The first-order valence-corrected chi connectivity index (χ1v) is 7.34. The Labute approximate surface area is 120 Å². The molecule has 0 aliphatic rings. The minimum absolute atomic E-state index is 0.640. The Morgan fingerprint density at radius 1 is 1.40 bits per heavy atom. The van der Waals surface area contributed by atoms with Crippen molar-refractivity contribution in [3.63, 3.8) is 0 Å². The van der Waals surface area contributed by atoms with Crippen molar-refractivity contribution in [3.05, 3.63) is 35.7 Å². The molecule has 0 bridgehead atoms. The fraction of sp³-hybridized carbons (Fsp3) is 0.600. The molecule has 0 unspecified atom stereocenters. The highest BCUT2D eigenvalue weighted by Crippen LogP contribution is 2.06. The first-order valence-electron chi connectivity index (χ1n) is 7.34. The first kappa shape index (κ1) is 14.8. The Morgan fingerprint density at radius 3 is 3.00 bits per heavy atom. The zero-order chi connectivity index (χ0) is 14.4. The number of rotatable bonds is 8. The van der Waals surface area contributed by atoms with Crippen LogP contribution >= 0.6 is 0 Å². The van der Waals surface area contributed by atoms with Gasteiger partial charge in [0.25, 0.3) is 0 Å². The molecule has 0 aliphatic carbocycles. The van der Waals surface area contributed by atoms with E-state index in [1.165, 1.54) is 5.56 Å². The Bertz CT molecular complexity index is 515. The van der Waals surface area contributed by atoms with Gasteiger partial charge in [-0.15, -0.1) is 0 Å². The Kier molecular flexibility index (Phi) is 5.35. The molecular formula is C15H24N4O. The molecule has 5 nitrogen and oxygen atoms in total. The second kappa shape index (κ2) is 7.24. The van der Waals surface area contributed by atoms with E-state index < -0.39 is 0 Å². The van der Waals surface area contributed by atoms with Crippen LogP contribution in [-0.2, 0) is 19.5 Å². The molecule has 0 saturated carbocycles. The number of nitrogens with zero attached hydrogens (tertiary/aromatic N) is 3. The second-order valence-corrected chi connectivity index (χ2v) is 5.57. The largest absolute Gasteiger partial charge is 0.345 e. The van der Waals surface area contributed by atoms with Gasteiger partial charge >= 0.3 is 0 Å². The van der Waals surface area contributed by atoms with Gasteiger partial charge in [-0.1, -0.05) is 25.9 Å². The molecule has 0 saturated heterocycles. The van der Waals surface area contributed by atoms with Crippen LogP contribution in [-0.4, -0.2) is 21.3 Å². The van der Waals surface area contributed by atoms with Gasteiger partial charge in [0.05, 0.1) is 0 Å². The van der Waals surface area contributed by atoms with Crippen LogP contribution < -0.4 is 5.32 Å². The molecule has 0 aromatic carbocycles. The average molecular weight is 276 g/mol. The molecule has 5 heteroatoms. The molecule has 20 heavy (non-hydrogen) atoms. The summed E-state index contributed by atoms with van der Waals surface area (Å²) in [6, 6.07) is 2.12. The van der Waals surface area contributed by atoms with Crippen LogP contribution in [0.4, 0.5) is 0 Å². The van der Waals surface area contributed by atoms with Gasteiger partial charge < -0.3 is 14.4 Å². The summed E-state index contributed by atoms with van der Waals surface area (Å²) in [6.07, 6.45) is 6.08. The predicted molar refractivity (Wildman–Crippen MR) is 78.4 cm³/mol. The molecule has 2 aromatic rings. The molecule has 2 aromatic heterocycles. The predicted octanol–water partition coefficient (Wildman–Crippen LogP) is 2.62. The third kappa shape index (κ3) is 4.49. The standard InChI is InChI=1S/C15H24N4O/c1-4-5-14-17-15(20-18-14)11-19-7-6-13(10-19)9-16-8-12(2)3/h6-7,10,12,16H,4-5,8-9,11H2,1-3H3. The lowest BCUT2D eigenvalue weighted by Gasteiger charge is -2.05. The summed E-state index contributed by atoms with van der Waals surface area (Å²) in [4.78, 5) is 4.38. The monoisotopic (exact) mass is 276 g/mol. The summed E-state index contributed by atoms with van der Waals surface area (Å²) in [5.74, 6) is 2.15. The molecule has 2 rings (SSSR count). The molecule has 2 heterocycles. The van der Waals surface area contributed by atoms with Crippen LogP contribution in [0.25, 0.3) is 0 Å². The molecule has 110 valence electrons. The Balaban J connectivity index is 1.85. The van der Waals surface area contributed by atoms with Crippen molar-refractivity contribution in [2.45, 2.75) is 46.7 Å². The molecule has 0 atom stereocenters. The van der Waals surface area contributed by atoms with Gasteiger partial charge in [0, 0.05) is 25.4 Å². The minimum atomic E-state index is 0.640. The highest BCUT2D eigenvalue weighted by atomic mass is 16.5. The van der Waals surface area contributed by atoms with E-state index in [2.05, 4.69) is 59.3 Å². The van der Waals surface area contributed by atoms with Crippen molar-refractivity contribution < 1.29 is 4.52 Å². The summed E-state index contributed by atoms with van der Waals surface area (Å²) in [5.41, 5.74) is 1.28. The van der Waals surface area contributed by atoms with E-state index in [1.807, 2.05) is 0 Å². The smallest absolute Gasteiger partial charge is 0.246 e. The van der Waals surface area contributed by atoms with E-state index in [0.717, 1.165) is 31.8 Å². The van der Waals surface area contributed by atoms with Gasteiger partial charge in [0.15, 0.2) is 5.82 Å². The van der Waals surface area contributed by atoms with E-state index in [4.69, 9.17) is 4.52 Å². The summed E-state index contributed by atoms with van der Waals surface area (Å²) in [7, 11) is 0. The third-order valence-electron chi connectivity index (χ3n) is 3.00. The highest BCUT2D eigenvalue weighted by molar-refractivity contribution is 5.10. The zero-order valence-electron chi connectivity index (χ0n) is 12.6. The average Bonchev–Trinajstić information content (AvgIpc) is 3.00. The van der Waals surface area contributed by atoms with E-state index in [1.54, 1.807) is 0 Å². The van der Waals surface area contributed by atoms with Gasteiger partial charge in [-0.2, -0.15) is 4.98 Å². The van der Waals surface area contributed by atoms with E-state index in [-0.39, 0.29) is 0 Å². The van der Waals surface area contributed by atoms with Crippen molar-refractivity contribution in [3.8, 4) is 0 Å². The number of hydrogen-bond acceptors (Lipinski definition) is 4. The molecule has 0 amide bonds. The van der Waals surface area contributed by atoms with Gasteiger partial charge in [-0.3, -0.25) is 0 Å². The summed E-state index contributed by atoms with van der Waals surface area (Å²) in [5, 5.41) is 7.40. The van der Waals surface area contributed by atoms with Gasteiger partial charge in [-0.05, 0) is 30.5 Å². The summed E-state index contributed by atoms with van der Waals surface area (Å²) >= 11 is 0. The van der Waals surface area contributed by atoms with Crippen LogP contribution in [0.2, 0.25) is 0 Å². The van der Waals surface area contributed by atoms with Crippen molar-refractivity contribution >= 4 is 0 Å². The molecular weight excluding hydrogens is 252 g/mol. The third-order valence-corrected chi connectivity index (χ3v) is 3.00. The SMILES string of the molecule is CCCc1noc(Cn2ccc(CNCC(C)C)c2)n1. The fourth-order valence-corrected chi connectivity index (χ4v) is 2.03. The second-order valence-electron chi connectivity index (χ2n) is 5.57. The minimum Gasteiger partial charge on any atom is -0.345 e. The summed E-state index contributed by atoms with van der Waals surface area (Å²) < 4.78 is 7.32. The van der Waals surface area contributed by atoms with Gasteiger partial charge in [-0.25, -0.2) is 0 Å². The van der Waals surface area contributed by atoms with Crippen molar-refractivity contribution in [2.75, 3.05) is 6.54 Å². The number of hydrogen-bond donors (Lipinski definition) is 1. The van der Waals surface area contributed by atoms with Crippen LogP contribution in [0, 0.1) is 5.92 Å². The van der Waals surface area contributed by atoms with Crippen LogP contribution in [0.15, 0.2) is 23.0 Å². The van der Waals surface area contributed by atoms with E-state index in [9.17, 15) is 0 Å². The quantitative estimate of drug-likeness (QED) is 0.805. The Hall–Kier alpha value is -1.62. The van der Waals surface area contributed by atoms with Crippen LogP contribution in [0.3, 0.4) is 0 Å². The number of nitrogens with one attached hydrogen (secondary N) is 1. The summed E-state index contributed by atoms with van der Waals surface area (Å²) in [6.45, 7) is 9.11. The van der Waals surface area contributed by atoms with Crippen molar-refractivity contribution in [2.24, 2.45) is 5.92 Å². The van der Waals surface area contributed by atoms with E-state index in [0.29, 0.717) is 18.4 Å². The maximum atomic E-state index is 5.25. The first-order chi connectivity index (χ1) is 9.67. The molecule has 0 spiro atoms. The molecule has 1 N–H and O–H groups in total. The van der Waals surface area contributed by atoms with Crippen LogP contribution in [0.1, 0.15) is 44.5 Å². The van der Waals surface area contributed by atoms with Crippen LogP contribution in [0.5, 0.6) is 0 Å².